The van der Waals surface area contributed by atoms with E-state index in [2.05, 4.69) is 29.2 Å². The Morgan fingerprint density at radius 2 is 2.09 bits per heavy atom. The molecule has 2 aromatic rings. The molecule has 0 spiro atoms. The van der Waals surface area contributed by atoms with E-state index in [1.165, 1.54) is 5.56 Å². The summed E-state index contributed by atoms with van der Waals surface area (Å²) in [7, 11) is 0. The standard InChI is InChI=1S/C18H23NO2S/c20-17(18-7-4-10-22-18)13-19(12-16-8-9-21-14-16)11-15-5-2-1-3-6-15/h1-7,10,16-17,20H,8-9,11-14H2/t16-,17-/m1/s1. The van der Waals surface area contributed by atoms with Crippen LogP contribution in [-0.2, 0) is 11.3 Å². The highest BCUT2D eigenvalue weighted by atomic mass is 32.1. The van der Waals surface area contributed by atoms with Crippen LogP contribution in [0.5, 0.6) is 0 Å². The summed E-state index contributed by atoms with van der Waals surface area (Å²) < 4.78 is 5.50. The second-order valence-electron chi connectivity index (χ2n) is 5.94. The van der Waals surface area contributed by atoms with Gasteiger partial charge < -0.3 is 9.84 Å². The summed E-state index contributed by atoms with van der Waals surface area (Å²) in [6, 6.07) is 14.5. The van der Waals surface area contributed by atoms with Crippen molar-refractivity contribution in [1.29, 1.82) is 0 Å². The quantitative estimate of drug-likeness (QED) is 0.850. The fourth-order valence-electron chi connectivity index (χ4n) is 2.95. The molecule has 22 heavy (non-hydrogen) atoms. The van der Waals surface area contributed by atoms with Crippen molar-refractivity contribution in [3.05, 3.63) is 58.3 Å². The molecule has 0 unspecified atom stereocenters. The molecule has 0 saturated carbocycles. The lowest BCUT2D eigenvalue weighted by Crippen LogP contribution is -2.33. The van der Waals surface area contributed by atoms with Crippen LogP contribution in [0, 0.1) is 5.92 Å². The maximum Gasteiger partial charge on any atom is 0.101 e. The van der Waals surface area contributed by atoms with Gasteiger partial charge in [0.25, 0.3) is 0 Å². The Kier molecular flexibility index (Phi) is 5.62. The molecule has 3 nitrogen and oxygen atoms in total. The SMILES string of the molecule is O[C@H](CN(Cc1ccccc1)C[C@H]1CCOC1)c1cccs1. The number of hydrogen-bond donors (Lipinski definition) is 1. The summed E-state index contributed by atoms with van der Waals surface area (Å²) in [6.07, 6.45) is 0.714. The minimum absolute atomic E-state index is 0.411. The fourth-order valence-corrected chi connectivity index (χ4v) is 3.66. The van der Waals surface area contributed by atoms with Gasteiger partial charge in [-0.15, -0.1) is 11.3 Å². The molecule has 0 bridgehead atoms. The van der Waals surface area contributed by atoms with E-state index in [-0.39, 0.29) is 0 Å². The highest BCUT2D eigenvalue weighted by Crippen LogP contribution is 2.22. The third kappa shape index (κ3) is 4.40. The third-order valence-electron chi connectivity index (χ3n) is 4.09. The Labute approximate surface area is 136 Å². The van der Waals surface area contributed by atoms with E-state index in [0.717, 1.165) is 37.6 Å². The highest BCUT2D eigenvalue weighted by molar-refractivity contribution is 7.10. The lowest BCUT2D eigenvalue weighted by Gasteiger charge is -2.27. The molecule has 0 aliphatic carbocycles. The molecule has 0 amide bonds. The normalized spacial score (nSPS) is 19.6. The van der Waals surface area contributed by atoms with Gasteiger partial charge in [0.15, 0.2) is 0 Å². The van der Waals surface area contributed by atoms with Gasteiger partial charge in [-0.3, -0.25) is 4.90 Å². The van der Waals surface area contributed by atoms with Crippen LogP contribution in [0.2, 0.25) is 0 Å². The van der Waals surface area contributed by atoms with E-state index in [1.807, 2.05) is 23.6 Å². The van der Waals surface area contributed by atoms with Gasteiger partial charge in [-0.25, -0.2) is 0 Å². The first-order chi connectivity index (χ1) is 10.8. The first-order valence-corrected chi connectivity index (χ1v) is 8.74. The van der Waals surface area contributed by atoms with Crippen molar-refractivity contribution in [3.8, 4) is 0 Å². The van der Waals surface area contributed by atoms with E-state index < -0.39 is 6.10 Å². The summed E-state index contributed by atoms with van der Waals surface area (Å²) in [4.78, 5) is 3.40. The van der Waals surface area contributed by atoms with Gasteiger partial charge in [0.05, 0.1) is 6.61 Å². The Morgan fingerprint density at radius 1 is 1.23 bits per heavy atom. The van der Waals surface area contributed by atoms with Crippen LogP contribution in [0.3, 0.4) is 0 Å². The van der Waals surface area contributed by atoms with Crippen molar-refractivity contribution in [2.24, 2.45) is 5.92 Å². The molecule has 2 atom stereocenters. The zero-order valence-corrected chi connectivity index (χ0v) is 13.5. The predicted molar refractivity (Wildman–Crippen MR) is 89.9 cm³/mol. The zero-order valence-electron chi connectivity index (χ0n) is 12.7. The molecule has 1 fully saturated rings. The molecule has 2 heterocycles. The van der Waals surface area contributed by atoms with Gasteiger partial charge in [-0.2, -0.15) is 0 Å². The first-order valence-electron chi connectivity index (χ1n) is 7.87. The van der Waals surface area contributed by atoms with E-state index in [0.29, 0.717) is 12.5 Å². The lowest BCUT2D eigenvalue weighted by molar-refractivity contribution is 0.0965. The molecule has 0 radical (unpaired) electrons. The van der Waals surface area contributed by atoms with Crippen LogP contribution in [0.4, 0.5) is 0 Å². The number of rotatable bonds is 7. The Morgan fingerprint density at radius 3 is 2.77 bits per heavy atom. The summed E-state index contributed by atoms with van der Waals surface area (Å²) in [5.74, 6) is 0.583. The van der Waals surface area contributed by atoms with Crippen molar-refractivity contribution >= 4 is 11.3 Å². The molecule has 1 N–H and O–H groups in total. The molecule has 1 aliphatic rings. The van der Waals surface area contributed by atoms with Gasteiger partial charge in [-0.1, -0.05) is 36.4 Å². The average Bonchev–Trinajstić information content (AvgIpc) is 3.21. The van der Waals surface area contributed by atoms with Gasteiger partial charge in [-0.05, 0) is 29.3 Å². The summed E-state index contributed by atoms with van der Waals surface area (Å²) in [6.45, 7) is 4.25. The monoisotopic (exact) mass is 317 g/mol. The van der Waals surface area contributed by atoms with Gasteiger partial charge >= 0.3 is 0 Å². The second kappa shape index (κ2) is 7.88. The lowest BCUT2D eigenvalue weighted by atomic mass is 10.1. The largest absolute Gasteiger partial charge is 0.386 e. The van der Waals surface area contributed by atoms with Crippen LogP contribution >= 0.6 is 11.3 Å². The smallest absolute Gasteiger partial charge is 0.101 e. The number of thiophene rings is 1. The Bertz CT molecular complexity index is 537. The summed E-state index contributed by atoms with van der Waals surface area (Å²) in [5.41, 5.74) is 1.29. The molecule has 4 heteroatoms. The van der Waals surface area contributed by atoms with Gasteiger partial charge in [0.1, 0.15) is 6.10 Å². The maximum atomic E-state index is 10.5. The number of nitrogens with zero attached hydrogens (tertiary/aromatic N) is 1. The van der Waals surface area contributed by atoms with E-state index in [9.17, 15) is 5.11 Å². The minimum atomic E-state index is -0.411. The molecule has 1 saturated heterocycles. The molecule has 1 aromatic carbocycles. The van der Waals surface area contributed by atoms with Crippen molar-refractivity contribution in [3.63, 3.8) is 0 Å². The number of aliphatic hydroxyl groups is 1. The van der Waals surface area contributed by atoms with E-state index in [1.54, 1.807) is 11.3 Å². The van der Waals surface area contributed by atoms with Crippen molar-refractivity contribution in [1.82, 2.24) is 4.90 Å². The van der Waals surface area contributed by atoms with Crippen LogP contribution < -0.4 is 0 Å². The minimum Gasteiger partial charge on any atom is -0.386 e. The number of ether oxygens (including phenoxy) is 1. The van der Waals surface area contributed by atoms with Crippen LogP contribution in [0.25, 0.3) is 0 Å². The summed E-state index contributed by atoms with van der Waals surface area (Å²) >= 11 is 1.62. The molecule has 3 rings (SSSR count). The van der Waals surface area contributed by atoms with Crippen LogP contribution in [-0.4, -0.2) is 36.3 Å². The van der Waals surface area contributed by atoms with Gasteiger partial charge in [0, 0.05) is 31.1 Å². The first kappa shape index (κ1) is 15.7. The van der Waals surface area contributed by atoms with Crippen LogP contribution in [0.15, 0.2) is 47.8 Å². The molecule has 1 aromatic heterocycles. The van der Waals surface area contributed by atoms with E-state index >= 15 is 0 Å². The third-order valence-corrected chi connectivity index (χ3v) is 5.07. The van der Waals surface area contributed by atoms with Crippen molar-refractivity contribution in [2.45, 2.75) is 19.1 Å². The summed E-state index contributed by atoms with van der Waals surface area (Å²) in [5, 5.41) is 12.5. The molecular weight excluding hydrogens is 294 g/mol. The zero-order chi connectivity index (χ0) is 15.2. The Hall–Kier alpha value is -1.20. The number of aliphatic hydroxyl groups excluding tert-OH is 1. The van der Waals surface area contributed by atoms with Gasteiger partial charge in [0.2, 0.25) is 0 Å². The topological polar surface area (TPSA) is 32.7 Å². The molecule has 118 valence electrons. The maximum absolute atomic E-state index is 10.5. The highest BCUT2D eigenvalue weighted by Gasteiger charge is 2.22. The molecule has 1 aliphatic heterocycles. The predicted octanol–water partition coefficient (Wildman–Crippen LogP) is 3.32. The average molecular weight is 317 g/mol. The van der Waals surface area contributed by atoms with Crippen molar-refractivity contribution in [2.75, 3.05) is 26.3 Å². The number of hydrogen-bond acceptors (Lipinski definition) is 4. The number of benzene rings is 1. The Balaban J connectivity index is 1.64. The molecular formula is C18H23NO2S. The second-order valence-corrected chi connectivity index (χ2v) is 6.92. The van der Waals surface area contributed by atoms with E-state index in [4.69, 9.17) is 4.74 Å². The van der Waals surface area contributed by atoms with Crippen LogP contribution in [0.1, 0.15) is 23.0 Å². The van der Waals surface area contributed by atoms with Crippen molar-refractivity contribution < 1.29 is 9.84 Å². The fraction of sp³-hybridized carbons (Fsp3) is 0.444.